The van der Waals surface area contributed by atoms with Crippen molar-refractivity contribution < 1.29 is 9.59 Å². The Labute approximate surface area is 136 Å². The van der Waals surface area contributed by atoms with Gasteiger partial charge in [0, 0.05) is 24.5 Å². The van der Waals surface area contributed by atoms with E-state index < -0.39 is 0 Å². The van der Waals surface area contributed by atoms with Gasteiger partial charge in [0.25, 0.3) is 0 Å². The Balaban J connectivity index is 2.48. The first-order chi connectivity index (χ1) is 10.3. The number of rotatable bonds is 7. The number of thiophene rings is 1. The molecular weight excluding hydrogens is 300 g/mol. The van der Waals surface area contributed by atoms with E-state index in [1.54, 1.807) is 18.4 Å². The van der Waals surface area contributed by atoms with Gasteiger partial charge in [0.05, 0.1) is 6.04 Å². The third-order valence-corrected chi connectivity index (χ3v) is 4.09. The molecule has 0 bridgehead atoms. The number of nitrogens with zero attached hydrogens (tertiary/aromatic N) is 2. The molecule has 7 heteroatoms. The molecule has 1 rings (SSSR count). The van der Waals surface area contributed by atoms with E-state index in [-0.39, 0.29) is 30.6 Å². The van der Waals surface area contributed by atoms with E-state index in [0.29, 0.717) is 6.54 Å². The van der Waals surface area contributed by atoms with Crippen LogP contribution < -0.4 is 10.6 Å². The summed E-state index contributed by atoms with van der Waals surface area (Å²) < 4.78 is 0. The van der Waals surface area contributed by atoms with Crippen LogP contribution in [0.4, 0.5) is 4.79 Å². The van der Waals surface area contributed by atoms with Crippen LogP contribution in [0.15, 0.2) is 17.5 Å². The lowest BCUT2D eigenvalue weighted by atomic mass is 10.2. The number of nitrogens with one attached hydrogen (secondary N) is 2. The molecule has 1 heterocycles. The van der Waals surface area contributed by atoms with Gasteiger partial charge in [0.1, 0.15) is 6.54 Å². The van der Waals surface area contributed by atoms with Gasteiger partial charge in [-0.25, -0.2) is 4.79 Å². The third kappa shape index (κ3) is 6.03. The van der Waals surface area contributed by atoms with Gasteiger partial charge in [-0.1, -0.05) is 6.07 Å². The molecular formula is C15H26N4O2S. The third-order valence-electron chi connectivity index (χ3n) is 3.12. The standard InChI is InChI=1S/C15H26N4O2S/c1-11(2)17-14(20)10-19(5)15(21)16-9-12(18(3)4)13-7-6-8-22-13/h6-8,11-12H,9-10H2,1-5H3,(H,16,21)(H,17,20)/t12-/m0/s1. The smallest absolute Gasteiger partial charge is 0.317 e. The van der Waals surface area contributed by atoms with Crippen LogP contribution in [0.2, 0.25) is 0 Å². The van der Waals surface area contributed by atoms with Crippen LogP contribution in [0.5, 0.6) is 0 Å². The van der Waals surface area contributed by atoms with Crippen LogP contribution in [-0.2, 0) is 4.79 Å². The summed E-state index contributed by atoms with van der Waals surface area (Å²) in [6.07, 6.45) is 0. The van der Waals surface area contributed by atoms with Gasteiger partial charge in [-0.2, -0.15) is 0 Å². The van der Waals surface area contributed by atoms with Crippen molar-refractivity contribution in [2.75, 3.05) is 34.2 Å². The van der Waals surface area contributed by atoms with Crippen molar-refractivity contribution in [2.45, 2.75) is 25.9 Å². The molecule has 1 atom stereocenters. The summed E-state index contributed by atoms with van der Waals surface area (Å²) in [5.41, 5.74) is 0. The van der Waals surface area contributed by atoms with Crippen LogP contribution in [-0.4, -0.2) is 62.0 Å². The number of carbonyl (C=O) groups is 2. The summed E-state index contributed by atoms with van der Waals surface area (Å²) in [5.74, 6) is -0.157. The van der Waals surface area contributed by atoms with Crippen molar-refractivity contribution in [3.63, 3.8) is 0 Å². The predicted molar refractivity (Wildman–Crippen MR) is 90.1 cm³/mol. The van der Waals surface area contributed by atoms with Crippen LogP contribution in [0.3, 0.4) is 0 Å². The van der Waals surface area contributed by atoms with E-state index >= 15 is 0 Å². The Morgan fingerprint density at radius 1 is 1.27 bits per heavy atom. The number of urea groups is 1. The average molecular weight is 326 g/mol. The van der Waals surface area contributed by atoms with Crippen molar-refractivity contribution in [3.8, 4) is 0 Å². The summed E-state index contributed by atoms with van der Waals surface area (Å²) >= 11 is 1.67. The molecule has 0 aliphatic carbocycles. The minimum Gasteiger partial charge on any atom is -0.352 e. The Kier molecular flexibility index (Phi) is 7.34. The largest absolute Gasteiger partial charge is 0.352 e. The summed E-state index contributed by atoms with van der Waals surface area (Å²) in [4.78, 5) is 28.4. The van der Waals surface area contributed by atoms with Crippen molar-refractivity contribution in [1.29, 1.82) is 0 Å². The van der Waals surface area contributed by atoms with Gasteiger partial charge in [-0.3, -0.25) is 4.79 Å². The fourth-order valence-electron chi connectivity index (χ4n) is 1.99. The predicted octanol–water partition coefficient (Wildman–Crippen LogP) is 1.52. The molecule has 0 unspecified atom stereocenters. The zero-order valence-corrected chi connectivity index (χ0v) is 14.7. The maximum atomic E-state index is 12.1. The Morgan fingerprint density at radius 2 is 1.95 bits per heavy atom. The van der Waals surface area contributed by atoms with Crippen LogP contribution >= 0.6 is 11.3 Å². The molecule has 3 amide bonds. The first-order valence-electron chi connectivity index (χ1n) is 7.29. The summed E-state index contributed by atoms with van der Waals surface area (Å²) in [5, 5.41) is 7.67. The number of hydrogen-bond donors (Lipinski definition) is 2. The van der Waals surface area contributed by atoms with Crippen molar-refractivity contribution in [2.24, 2.45) is 0 Å². The highest BCUT2D eigenvalue weighted by molar-refractivity contribution is 7.10. The molecule has 0 aromatic carbocycles. The minimum absolute atomic E-state index is 0.0512. The van der Waals surface area contributed by atoms with Gasteiger partial charge in [-0.05, 0) is 39.4 Å². The zero-order valence-electron chi connectivity index (χ0n) is 13.9. The fourth-order valence-corrected chi connectivity index (χ4v) is 2.91. The van der Waals surface area contributed by atoms with E-state index in [9.17, 15) is 9.59 Å². The quantitative estimate of drug-likeness (QED) is 0.798. The average Bonchev–Trinajstić information content (AvgIpc) is 2.90. The zero-order chi connectivity index (χ0) is 16.7. The Morgan fingerprint density at radius 3 is 2.45 bits per heavy atom. The Hall–Kier alpha value is -1.60. The van der Waals surface area contributed by atoms with E-state index in [0.717, 1.165) is 0 Å². The SMILES string of the molecule is CC(C)NC(=O)CN(C)C(=O)NC[C@@H](c1cccs1)N(C)C. The highest BCUT2D eigenvalue weighted by Crippen LogP contribution is 2.22. The monoisotopic (exact) mass is 326 g/mol. The maximum Gasteiger partial charge on any atom is 0.317 e. The molecule has 2 N–H and O–H groups in total. The van der Waals surface area contributed by atoms with Gasteiger partial charge in [0.15, 0.2) is 0 Å². The number of carbonyl (C=O) groups excluding carboxylic acids is 2. The molecule has 0 aliphatic rings. The molecule has 22 heavy (non-hydrogen) atoms. The topological polar surface area (TPSA) is 64.7 Å². The number of amides is 3. The molecule has 124 valence electrons. The second-order valence-corrected chi connectivity index (χ2v) is 6.74. The Bertz CT molecular complexity index is 474. The first-order valence-corrected chi connectivity index (χ1v) is 8.17. The lowest BCUT2D eigenvalue weighted by Crippen LogP contribution is -2.46. The lowest BCUT2D eigenvalue weighted by molar-refractivity contribution is -0.121. The molecule has 0 spiro atoms. The molecule has 0 fully saturated rings. The normalized spacial score (nSPS) is 12.3. The van der Waals surface area contributed by atoms with Crippen molar-refractivity contribution in [3.05, 3.63) is 22.4 Å². The van der Waals surface area contributed by atoms with E-state index in [2.05, 4.69) is 21.6 Å². The highest BCUT2D eigenvalue weighted by atomic mass is 32.1. The summed E-state index contributed by atoms with van der Waals surface area (Å²) in [6.45, 7) is 4.33. The van der Waals surface area contributed by atoms with Gasteiger partial charge in [0.2, 0.25) is 5.91 Å². The van der Waals surface area contributed by atoms with Crippen LogP contribution in [0, 0.1) is 0 Å². The molecule has 1 aromatic heterocycles. The minimum atomic E-state index is -0.248. The van der Waals surface area contributed by atoms with E-state index in [1.165, 1.54) is 9.78 Å². The van der Waals surface area contributed by atoms with E-state index in [1.807, 2.05) is 39.4 Å². The summed E-state index contributed by atoms with van der Waals surface area (Å²) in [7, 11) is 5.58. The molecule has 1 aromatic rings. The van der Waals surface area contributed by atoms with Crippen LogP contribution in [0.25, 0.3) is 0 Å². The van der Waals surface area contributed by atoms with Crippen molar-refractivity contribution in [1.82, 2.24) is 20.4 Å². The first kappa shape index (κ1) is 18.4. The second kappa shape index (κ2) is 8.75. The van der Waals surface area contributed by atoms with Crippen LogP contribution in [0.1, 0.15) is 24.8 Å². The molecule has 0 saturated heterocycles. The van der Waals surface area contributed by atoms with Gasteiger partial charge in [-0.15, -0.1) is 11.3 Å². The fraction of sp³-hybridized carbons (Fsp3) is 0.600. The number of hydrogen-bond acceptors (Lipinski definition) is 4. The highest BCUT2D eigenvalue weighted by Gasteiger charge is 2.18. The lowest BCUT2D eigenvalue weighted by Gasteiger charge is -2.25. The second-order valence-electron chi connectivity index (χ2n) is 5.76. The van der Waals surface area contributed by atoms with Gasteiger partial charge < -0.3 is 20.4 Å². The maximum absolute atomic E-state index is 12.1. The van der Waals surface area contributed by atoms with Gasteiger partial charge >= 0.3 is 6.03 Å². The van der Waals surface area contributed by atoms with Crippen molar-refractivity contribution >= 4 is 23.3 Å². The number of likely N-dealkylation sites (N-methyl/N-ethyl adjacent to an activating group) is 2. The van der Waals surface area contributed by atoms with E-state index in [4.69, 9.17) is 0 Å². The molecule has 0 saturated carbocycles. The summed E-state index contributed by atoms with van der Waals surface area (Å²) in [6, 6.07) is 4.01. The molecule has 6 nitrogen and oxygen atoms in total. The molecule has 0 aliphatic heterocycles. The molecule has 0 radical (unpaired) electrons.